The van der Waals surface area contributed by atoms with Gasteiger partial charge in [0.1, 0.15) is 5.75 Å². The van der Waals surface area contributed by atoms with Gasteiger partial charge in [-0.25, -0.2) is 13.8 Å². The van der Waals surface area contributed by atoms with Crippen molar-refractivity contribution in [2.45, 2.75) is 26.4 Å². The van der Waals surface area contributed by atoms with Gasteiger partial charge >= 0.3 is 0 Å². The van der Waals surface area contributed by atoms with E-state index in [1.807, 2.05) is 19.9 Å². The standard InChI is InChI=1S/C20H24F2N4O2.HI/c1-3-24-20(26-13(2)15-7-8-17(21)18(22)10-15)25-11-14-5-4-6-16(9-14)28-12-19(23)27;/h4-10,13H,3,11-12H2,1-2H3,(H2,23,27)(H2,24,25,26);1H. The molecule has 1 amide bonds. The molecule has 0 radical (unpaired) electrons. The summed E-state index contributed by atoms with van der Waals surface area (Å²) in [4.78, 5) is 15.3. The number of primary amides is 1. The fraction of sp³-hybridized carbons (Fsp3) is 0.300. The third-order valence-electron chi connectivity index (χ3n) is 3.84. The maximum Gasteiger partial charge on any atom is 0.255 e. The lowest BCUT2D eigenvalue weighted by atomic mass is 10.1. The summed E-state index contributed by atoms with van der Waals surface area (Å²) < 4.78 is 31.9. The van der Waals surface area contributed by atoms with E-state index in [0.29, 0.717) is 30.4 Å². The number of guanidine groups is 1. The molecule has 0 saturated carbocycles. The van der Waals surface area contributed by atoms with Crippen molar-refractivity contribution in [3.8, 4) is 5.75 Å². The monoisotopic (exact) mass is 518 g/mol. The largest absolute Gasteiger partial charge is 0.484 e. The summed E-state index contributed by atoms with van der Waals surface area (Å²) in [6.07, 6.45) is 0. The summed E-state index contributed by atoms with van der Waals surface area (Å²) >= 11 is 0. The van der Waals surface area contributed by atoms with E-state index in [9.17, 15) is 13.6 Å². The van der Waals surface area contributed by atoms with E-state index in [4.69, 9.17) is 10.5 Å². The van der Waals surface area contributed by atoms with E-state index in [0.717, 1.165) is 17.7 Å². The van der Waals surface area contributed by atoms with Crippen LogP contribution in [0.4, 0.5) is 8.78 Å². The first kappa shape index (κ1) is 24.6. The van der Waals surface area contributed by atoms with Crippen LogP contribution >= 0.6 is 24.0 Å². The molecule has 0 aliphatic rings. The third kappa shape index (κ3) is 8.22. The Kier molecular flexibility index (Phi) is 10.4. The predicted molar refractivity (Wildman–Crippen MR) is 119 cm³/mol. The van der Waals surface area contributed by atoms with Gasteiger partial charge in [0, 0.05) is 6.54 Å². The third-order valence-corrected chi connectivity index (χ3v) is 3.84. The van der Waals surface area contributed by atoms with Gasteiger partial charge in [0.2, 0.25) is 0 Å². The van der Waals surface area contributed by atoms with Crippen molar-refractivity contribution in [3.63, 3.8) is 0 Å². The molecule has 9 heteroatoms. The predicted octanol–water partition coefficient (Wildman–Crippen LogP) is 3.26. The zero-order chi connectivity index (χ0) is 20.5. The molecule has 0 aliphatic carbocycles. The summed E-state index contributed by atoms with van der Waals surface area (Å²) in [6.45, 7) is 4.56. The summed E-state index contributed by atoms with van der Waals surface area (Å²) in [5.74, 6) is -1.26. The first-order chi connectivity index (χ1) is 13.4. The Labute approximate surface area is 185 Å². The topological polar surface area (TPSA) is 88.7 Å². The molecule has 6 nitrogen and oxygen atoms in total. The van der Waals surface area contributed by atoms with E-state index < -0.39 is 17.5 Å². The van der Waals surface area contributed by atoms with Crippen LogP contribution in [-0.4, -0.2) is 25.0 Å². The molecule has 0 spiro atoms. The minimum Gasteiger partial charge on any atom is -0.484 e. The second-order valence-corrected chi connectivity index (χ2v) is 6.14. The van der Waals surface area contributed by atoms with Gasteiger partial charge < -0.3 is 21.1 Å². The van der Waals surface area contributed by atoms with Gasteiger partial charge in [0.15, 0.2) is 24.2 Å². The van der Waals surface area contributed by atoms with Gasteiger partial charge in [-0.2, -0.15) is 0 Å². The SMILES string of the molecule is CCNC(=NCc1cccc(OCC(N)=O)c1)NC(C)c1ccc(F)c(F)c1.I. The summed E-state index contributed by atoms with van der Waals surface area (Å²) in [7, 11) is 0. The number of nitrogens with two attached hydrogens (primary N) is 1. The molecule has 2 aromatic rings. The summed E-state index contributed by atoms with van der Waals surface area (Å²) in [5.41, 5.74) is 6.55. The Hall–Kier alpha value is -2.43. The molecule has 158 valence electrons. The molecule has 0 aromatic heterocycles. The second kappa shape index (κ2) is 12.2. The Balaban J connectivity index is 0.00000420. The average molecular weight is 518 g/mol. The Bertz CT molecular complexity index is 849. The zero-order valence-electron chi connectivity index (χ0n) is 16.2. The number of ether oxygens (including phenoxy) is 1. The quantitative estimate of drug-likeness (QED) is 0.285. The van der Waals surface area contributed by atoms with Gasteiger partial charge in [-0.15, -0.1) is 24.0 Å². The second-order valence-electron chi connectivity index (χ2n) is 6.14. The number of nitrogens with zero attached hydrogens (tertiary/aromatic N) is 1. The lowest BCUT2D eigenvalue weighted by molar-refractivity contribution is -0.119. The van der Waals surface area contributed by atoms with Crippen LogP contribution in [0, 0.1) is 11.6 Å². The molecule has 0 saturated heterocycles. The highest BCUT2D eigenvalue weighted by molar-refractivity contribution is 14.0. The first-order valence-corrected chi connectivity index (χ1v) is 8.89. The number of amides is 1. The minimum absolute atomic E-state index is 0. The molecule has 0 aliphatic heterocycles. The van der Waals surface area contributed by atoms with Crippen molar-refractivity contribution in [2.24, 2.45) is 10.7 Å². The van der Waals surface area contributed by atoms with Gasteiger partial charge in [0.05, 0.1) is 12.6 Å². The van der Waals surface area contributed by atoms with Crippen LogP contribution in [0.25, 0.3) is 0 Å². The maximum absolute atomic E-state index is 13.5. The molecule has 1 atom stereocenters. The molecule has 4 N–H and O–H groups in total. The number of carbonyl (C=O) groups is 1. The van der Waals surface area contributed by atoms with Crippen molar-refractivity contribution >= 4 is 35.8 Å². The number of rotatable bonds is 8. The molecule has 0 heterocycles. The highest BCUT2D eigenvalue weighted by Crippen LogP contribution is 2.16. The fourth-order valence-electron chi connectivity index (χ4n) is 2.45. The number of hydrogen-bond donors (Lipinski definition) is 3. The van der Waals surface area contributed by atoms with E-state index in [-0.39, 0.29) is 36.6 Å². The maximum atomic E-state index is 13.5. The number of halogens is 3. The minimum atomic E-state index is -0.888. The van der Waals surface area contributed by atoms with E-state index in [2.05, 4.69) is 15.6 Å². The lowest BCUT2D eigenvalue weighted by Crippen LogP contribution is -2.38. The van der Waals surface area contributed by atoms with E-state index >= 15 is 0 Å². The Morgan fingerprint density at radius 3 is 2.62 bits per heavy atom. The molecule has 1 unspecified atom stereocenters. The van der Waals surface area contributed by atoms with Gasteiger partial charge in [-0.3, -0.25) is 4.79 Å². The molecule has 2 aromatic carbocycles. The Morgan fingerprint density at radius 2 is 1.97 bits per heavy atom. The van der Waals surface area contributed by atoms with Gasteiger partial charge in [-0.05, 0) is 49.2 Å². The zero-order valence-corrected chi connectivity index (χ0v) is 18.6. The fourth-order valence-corrected chi connectivity index (χ4v) is 2.45. The van der Waals surface area contributed by atoms with Crippen LogP contribution < -0.4 is 21.1 Å². The molecular weight excluding hydrogens is 493 g/mol. The van der Waals surface area contributed by atoms with Crippen LogP contribution in [0.2, 0.25) is 0 Å². The number of carbonyl (C=O) groups excluding carboxylic acids is 1. The molecule has 29 heavy (non-hydrogen) atoms. The average Bonchev–Trinajstić information content (AvgIpc) is 2.67. The Morgan fingerprint density at radius 1 is 1.21 bits per heavy atom. The van der Waals surface area contributed by atoms with E-state index in [1.165, 1.54) is 6.07 Å². The van der Waals surface area contributed by atoms with Crippen LogP contribution in [0.15, 0.2) is 47.5 Å². The normalized spacial score (nSPS) is 11.9. The van der Waals surface area contributed by atoms with Crippen molar-refractivity contribution < 1.29 is 18.3 Å². The van der Waals surface area contributed by atoms with Crippen LogP contribution in [0.5, 0.6) is 5.75 Å². The van der Waals surface area contributed by atoms with Crippen molar-refractivity contribution in [3.05, 3.63) is 65.2 Å². The highest BCUT2D eigenvalue weighted by Gasteiger charge is 2.11. The van der Waals surface area contributed by atoms with Crippen molar-refractivity contribution in [1.82, 2.24) is 10.6 Å². The molecule has 0 fully saturated rings. The highest BCUT2D eigenvalue weighted by atomic mass is 127. The smallest absolute Gasteiger partial charge is 0.255 e. The molecule has 0 bridgehead atoms. The molecular formula is C20H25F2IN4O2. The summed E-state index contributed by atoms with van der Waals surface area (Å²) in [5, 5.41) is 6.28. The number of hydrogen-bond acceptors (Lipinski definition) is 3. The van der Waals surface area contributed by atoms with Crippen molar-refractivity contribution in [2.75, 3.05) is 13.2 Å². The summed E-state index contributed by atoms with van der Waals surface area (Å²) in [6, 6.07) is 10.7. The molecule has 2 rings (SSSR count). The first-order valence-electron chi connectivity index (χ1n) is 8.89. The van der Waals surface area contributed by atoms with E-state index in [1.54, 1.807) is 18.2 Å². The van der Waals surface area contributed by atoms with Crippen molar-refractivity contribution in [1.29, 1.82) is 0 Å². The van der Waals surface area contributed by atoms with Gasteiger partial charge in [0.25, 0.3) is 5.91 Å². The number of nitrogens with one attached hydrogen (secondary N) is 2. The van der Waals surface area contributed by atoms with Crippen LogP contribution in [0.3, 0.4) is 0 Å². The number of benzene rings is 2. The van der Waals surface area contributed by atoms with Gasteiger partial charge in [-0.1, -0.05) is 18.2 Å². The lowest BCUT2D eigenvalue weighted by Gasteiger charge is -2.18. The number of aliphatic imine (C=N–C) groups is 1. The van der Waals surface area contributed by atoms with Crippen LogP contribution in [0.1, 0.15) is 31.0 Å². The van der Waals surface area contributed by atoms with Crippen LogP contribution in [-0.2, 0) is 11.3 Å².